The summed E-state index contributed by atoms with van der Waals surface area (Å²) in [5.74, 6) is 0.958. The molecule has 0 aliphatic heterocycles. The fraction of sp³-hybridized carbons (Fsp3) is 0.286. The van der Waals surface area contributed by atoms with Crippen molar-refractivity contribution in [2.45, 2.75) is 26.9 Å². The van der Waals surface area contributed by atoms with E-state index in [1.54, 1.807) is 0 Å². The third-order valence-corrected chi connectivity index (χ3v) is 4.27. The Hall–Kier alpha value is -0.800. The summed E-state index contributed by atoms with van der Waals surface area (Å²) in [6.07, 6.45) is 1.10. The fourth-order valence-corrected chi connectivity index (χ4v) is 2.96. The van der Waals surface area contributed by atoms with Crippen LogP contribution in [0.15, 0.2) is 34.8 Å². The molecule has 0 bridgehead atoms. The van der Waals surface area contributed by atoms with Crippen LogP contribution in [-0.2, 0) is 13.0 Å². The van der Waals surface area contributed by atoms with Crippen LogP contribution in [0.25, 0.3) is 0 Å². The van der Waals surface area contributed by atoms with Gasteiger partial charge in [-0.3, -0.25) is 0 Å². The van der Waals surface area contributed by atoms with Crippen LogP contribution in [0.3, 0.4) is 0 Å². The van der Waals surface area contributed by atoms with E-state index in [1.165, 1.54) is 9.75 Å². The Labute approximate surface area is 115 Å². The first-order valence-corrected chi connectivity index (χ1v) is 7.26. The van der Waals surface area contributed by atoms with Crippen molar-refractivity contribution >= 4 is 27.3 Å². The number of rotatable bonds is 4. The molecule has 0 saturated carbocycles. The summed E-state index contributed by atoms with van der Waals surface area (Å²) in [4.78, 5) is 2.69. The molecule has 0 atom stereocenters. The number of benzene rings is 1. The summed E-state index contributed by atoms with van der Waals surface area (Å²) < 4.78 is 6.91. The van der Waals surface area contributed by atoms with Gasteiger partial charge in [0.25, 0.3) is 0 Å². The first-order chi connectivity index (χ1) is 8.19. The van der Waals surface area contributed by atoms with Crippen molar-refractivity contribution in [1.29, 1.82) is 0 Å². The van der Waals surface area contributed by atoms with Crippen molar-refractivity contribution in [3.63, 3.8) is 0 Å². The standard InChI is InChI=1S/C14H15BrOS/c1-3-12-5-6-13(17-12)9-16-14-7-4-11(15)8-10(14)2/h4-8H,3,9H2,1-2H3. The molecule has 0 aliphatic carbocycles. The molecule has 1 heterocycles. The molecule has 2 aromatic rings. The highest BCUT2D eigenvalue weighted by atomic mass is 79.9. The molecular weight excluding hydrogens is 296 g/mol. The highest BCUT2D eigenvalue weighted by molar-refractivity contribution is 9.10. The molecule has 0 radical (unpaired) electrons. The zero-order valence-corrected chi connectivity index (χ0v) is 12.4. The van der Waals surface area contributed by atoms with Gasteiger partial charge in [-0.1, -0.05) is 22.9 Å². The number of thiophene rings is 1. The molecule has 17 heavy (non-hydrogen) atoms. The number of ether oxygens (including phenoxy) is 1. The second-order valence-corrected chi connectivity index (χ2v) is 6.09. The summed E-state index contributed by atoms with van der Waals surface area (Å²) >= 11 is 5.28. The Morgan fingerprint density at radius 3 is 2.59 bits per heavy atom. The first-order valence-electron chi connectivity index (χ1n) is 5.65. The Morgan fingerprint density at radius 1 is 1.18 bits per heavy atom. The van der Waals surface area contributed by atoms with Crippen molar-refractivity contribution in [2.24, 2.45) is 0 Å². The molecule has 0 fully saturated rings. The predicted molar refractivity (Wildman–Crippen MR) is 76.9 cm³/mol. The van der Waals surface area contributed by atoms with Gasteiger partial charge in [-0.05, 0) is 49.2 Å². The lowest BCUT2D eigenvalue weighted by Crippen LogP contribution is -1.94. The molecule has 90 valence electrons. The third-order valence-electron chi connectivity index (χ3n) is 2.57. The minimum absolute atomic E-state index is 0.660. The Kier molecular flexibility index (Phi) is 4.24. The van der Waals surface area contributed by atoms with Crippen molar-refractivity contribution in [3.8, 4) is 5.75 Å². The molecule has 0 unspecified atom stereocenters. The van der Waals surface area contributed by atoms with E-state index in [-0.39, 0.29) is 0 Å². The van der Waals surface area contributed by atoms with Gasteiger partial charge < -0.3 is 4.74 Å². The number of halogens is 1. The minimum Gasteiger partial charge on any atom is -0.488 e. The van der Waals surface area contributed by atoms with Gasteiger partial charge in [-0.25, -0.2) is 0 Å². The van der Waals surface area contributed by atoms with E-state index in [1.807, 2.05) is 23.5 Å². The summed E-state index contributed by atoms with van der Waals surface area (Å²) in [6.45, 7) is 4.90. The highest BCUT2D eigenvalue weighted by Crippen LogP contribution is 2.24. The normalized spacial score (nSPS) is 10.5. The third kappa shape index (κ3) is 3.33. The Balaban J connectivity index is 2.02. The van der Waals surface area contributed by atoms with Gasteiger partial charge in [0, 0.05) is 14.2 Å². The molecule has 0 N–H and O–H groups in total. The van der Waals surface area contributed by atoms with Gasteiger partial charge in [0.05, 0.1) is 0 Å². The Morgan fingerprint density at radius 2 is 1.94 bits per heavy atom. The van der Waals surface area contributed by atoms with Crippen LogP contribution < -0.4 is 4.74 Å². The van der Waals surface area contributed by atoms with Crippen LogP contribution in [0.4, 0.5) is 0 Å². The summed E-state index contributed by atoms with van der Waals surface area (Å²) in [7, 11) is 0. The zero-order chi connectivity index (χ0) is 12.3. The largest absolute Gasteiger partial charge is 0.488 e. The molecule has 0 spiro atoms. The maximum absolute atomic E-state index is 5.83. The molecule has 3 heteroatoms. The van der Waals surface area contributed by atoms with E-state index in [0.29, 0.717) is 6.61 Å². The molecule has 0 aliphatic rings. The maximum Gasteiger partial charge on any atom is 0.122 e. The number of aryl methyl sites for hydroxylation is 2. The van der Waals surface area contributed by atoms with Crippen LogP contribution in [-0.4, -0.2) is 0 Å². The van der Waals surface area contributed by atoms with Gasteiger partial charge in [0.15, 0.2) is 0 Å². The average molecular weight is 311 g/mol. The zero-order valence-electron chi connectivity index (χ0n) is 10.00. The molecule has 2 rings (SSSR count). The lowest BCUT2D eigenvalue weighted by molar-refractivity contribution is 0.307. The molecule has 0 saturated heterocycles. The van der Waals surface area contributed by atoms with Crippen molar-refractivity contribution in [3.05, 3.63) is 50.1 Å². The van der Waals surface area contributed by atoms with Crippen LogP contribution >= 0.6 is 27.3 Å². The lowest BCUT2D eigenvalue weighted by atomic mass is 10.2. The SMILES string of the molecule is CCc1ccc(COc2ccc(Br)cc2C)s1. The molecule has 0 amide bonds. The monoisotopic (exact) mass is 310 g/mol. The predicted octanol–water partition coefficient (Wildman–Crippen LogP) is 4.96. The number of hydrogen-bond donors (Lipinski definition) is 0. The molecular formula is C14H15BrOS. The maximum atomic E-state index is 5.83. The van der Waals surface area contributed by atoms with Gasteiger partial charge >= 0.3 is 0 Å². The summed E-state index contributed by atoms with van der Waals surface area (Å²) in [5, 5.41) is 0. The van der Waals surface area contributed by atoms with Crippen molar-refractivity contribution in [2.75, 3.05) is 0 Å². The van der Waals surface area contributed by atoms with Gasteiger partial charge in [-0.2, -0.15) is 0 Å². The topological polar surface area (TPSA) is 9.23 Å². The number of hydrogen-bond acceptors (Lipinski definition) is 2. The summed E-state index contributed by atoms with van der Waals surface area (Å²) in [5.41, 5.74) is 1.16. The van der Waals surface area contributed by atoms with Crippen molar-refractivity contribution in [1.82, 2.24) is 0 Å². The summed E-state index contributed by atoms with van der Waals surface area (Å²) in [6, 6.07) is 10.4. The van der Waals surface area contributed by atoms with E-state index in [4.69, 9.17) is 4.74 Å². The second-order valence-electron chi connectivity index (χ2n) is 3.92. The van der Waals surface area contributed by atoms with E-state index >= 15 is 0 Å². The van der Waals surface area contributed by atoms with Crippen LogP contribution in [0.1, 0.15) is 22.2 Å². The van der Waals surface area contributed by atoms with E-state index in [2.05, 4.69) is 48.0 Å². The first kappa shape index (κ1) is 12.7. The van der Waals surface area contributed by atoms with Crippen LogP contribution in [0.2, 0.25) is 0 Å². The van der Waals surface area contributed by atoms with Crippen LogP contribution in [0.5, 0.6) is 5.75 Å². The second kappa shape index (κ2) is 5.69. The quantitative estimate of drug-likeness (QED) is 0.775. The molecule has 1 aromatic carbocycles. The van der Waals surface area contributed by atoms with Gasteiger partial charge in [-0.15, -0.1) is 11.3 Å². The van der Waals surface area contributed by atoms with Crippen molar-refractivity contribution < 1.29 is 4.74 Å². The Bertz CT molecular complexity index is 505. The lowest BCUT2D eigenvalue weighted by Gasteiger charge is -2.08. The molecule has 1 nitrogen and oxygen atoms in total. The van der Waals surface area contributed by atoms with E-state index in [0.717, 1.165) is 22.2 Å². The highest BCUT2D eigenvalue weighted by Gasteiger charge is 2.03. The average Bonchev–Trinajstić information content (AvgIpc) is 2.76. The molecule has 1 aromatic heterocycles. The van der Waals surface area contributed by atoms with E-state index < -0.39 is 0 Å². The van der Waals surface area contributed by atoms with Gasteiger partial charge in [0.2, 0.25) is 0 Å². The smallest absolute Gasteiger partial charge is 0.122 e. The van der Waals surface area contributed by atoms with E-state index in [9.17, 15) is 0 Å². The minimum atomic E-state index is 0.660. The van der Waals surface area contributed by atoms with Crippen LogP contribution in [0, 0.1) is 6.92 Å². The van der Waals surface area contributed by atoms with Gasteiger partial charge in [0.1, 0.15) is 12.4 Å². The fourth-order valence-electron chi connectivity index (χ4n) is 1.61.